The molecule has 1 unspecified atom stereocenters. The van der Waals surface area contributed by atoms with Crippen LogP contribution in [0.2, 0.25) is 5.02 Å². The molecule has 0 spiro atoms. The van der Waals surface area contributed by atoms with Crippen LogP contribution in [0.25, 0.3) is 0 Å². The van der Waals surface area contributed by atoms with Crippen LogP contribution in [0.1, 0.15) is 38.1 Å². The molecule has 0 radical (unpaired) electrons. The summed E-state index contributed by atoms with van der Waals surface area (Å²) in [5, 5.41) is 15.5. The first-order valence-corrected chi connectivity index (χ1v) is 6.33. The SMILES string of the molecule is CC(C)n1ncc(Cl)c1C(C)(O)c1ccccc1. The third kappa shape index (κ3) is 2.16. The monoisotopic (exact) mass is 264 g/mol. The summed E-state index contributed by atoms with van der Waals surface area (Å²) in [6.07, 6.45) is 1.58. The van der Waals surface area contributed by atoms with Crippen molar-refractivity contribution in [3.8, 4) is 0 Å². The van der Waals surface area contributed by atoms with Crippen molar-refractivity contribution in [1.29, 1.82) is 0 Å². The van der Waals surface area contributed by atoms with Gasteiger partial charge in [0.15, 0.2) is 0 Å². The van der Waals surface area contributed by atoms with E-state index in [1.807, 2.05) is 44.2 Å². The second kappa shape index (κ2) is 4.75. The second-order valence-corrected chi connectivity index (χ2v) is 5.22. The van der Waals surface area contributed by atoms with E-state index in [9.17, 15) is 5.11 Å². The largest absolute Gasteiger partial charge is 0.379 e. The molecular weight excluding hydrogens is 248 g/mol. The summed E-state index contributed by atoms with van der Waals surface area (Å²) >= 11 is 6.18. The van der Waals surface area contributed by atoms with Crippen molar-refractivity contribution in [2.24, 2.45) is 0 Å². The number of rotatable bonds is 3. The van der Waals surface area contributed by atoms with Crippen molar-refractivity contribution in [2.45, 2.75) is 32.4 Å². The van der Waals surface area contributed by atoms with E-state index in [1.54, 1.807) is 17.8 Å². The summed E-state index contributed by atoms with van der Waals surface area (Å²) in [5.41, 5.74) is 0.277. The molecule has 2 rings (SSSR count). The molecule has 4 heteroatoms. The molecule has 1 N–H and O–H groups in total. The molecule has 0 bridgehead atoms. The molecule has 1 atom stereocenters. The van der Waals surface area contributed by atoms with Crippen LogP contribution in [0.3, 0.4) is 0 Å². The maximum atomic E-state index is 10.8. The molecule has 0 aliphatic carbocycles. The molecule has 96 valence electrons. The van der Waals surface area contributed by atoms with E-state index < -0.39 is 5.60 Å². The third-order valence-corrected chi connectivity index (χ3v) is 3.31. The average Bonchev–Trinajstić information content (AvgIpc) is 2.73. The van der Waals surface area contributed by atoms with Crippen molar-refractivity contribution in [2.75, 3.05) is 0 Å². The Labute approximate surface area is 112 Å². The van der Waals surface area contributed by atoms with Crippen molar-refractivity contribution in [3.05, 3.63) is 52.8 Å². The van der Waals surface area contributed by atoms with Crippen molar-refractivity contribution >= 4 is 11.6 Å². The summed E-state index contributed by atoms with van der Waals surface area (Å²) in [4.78, 5) is 0. The van der Waals surface area contributed by atoms with Crippen molar-refractivity contribution in [1.82, 2.24) is 9.78 Å². The number of aliphatic hydroxyl groups is 1. The minimum absolute atomic E-state index is 0.141. The Kier molecular flexibility index (Phi) is 3.46. The van der Waals surface area contributed by atoms with Gasteiger partial charge >= 0.3 is 0 Å². The zero-order chi connectivity index (χ0) is 13.3. The molecule has 3 nitrogen and oxygen atoms in total. The molecule has 0 saturated heterocycles. The van der Waals surface area contributed by atoms with E-state index in [1.165, 1.54) is 0 Å². The highest BCUT2D eigenvalue weighted by molar-refractivity contribution is 6.31. The van der Waals surface area contributed by atoms with Gasteiger partial charge in [-0.25, -0.2) is 0 Å². The summed E-state index contributed by atoms with van der Waals surface area (Å²) in [7, 11) is 0. The van der Waals surface area contributed by atoms with Gasteiger partial charge in [-0.15, -0.1) is 0 Å². The lowest BCUT2D eigenvalue weighted by atomic mass is 9.92. The lowest BCUT2D eigenvalue weighted by Gasteiger charge is -2.26. The quantitative estimate of drug-likeness (QED) is 0.923. The normalized spacial score (nSPS) is 14.8. The van der Waals surface area contributed by atoms with Crippen molar-refractivity contribution in [3.63, 3.8) is 0 Å². The Bertz CT molecular complexity index is 532. The van der Waals surface area contributed by atoms with Gasteiger partial charge in [-0.2, -0.15) is 5.10 Å². The van der Waals surface area contributed by atoms with Gasteiger partial charge in [-0.05, 0) is 26.3 Å². The standard InChI is InChI=1S/C14H17ClN2O/c1-10(2)17-13(12(15)9-16-17)14(3,18)11-7-5-4-6-8-11/h4-10,18H,1-3H3. The van der Waals surface area contributed by atoms with Gasteiger partial charge in [0.2, 0.25) is 0 Å². The summed E-state index contributed by atoms with van der Waals surface area (Å²) < 4.78 is 1.76. The maximum absolute atomic E-state index is 10.8. The van der Waals surface area contributed by atoms with Crippen LogP contribution in [0.15, 0.2) is 36.5 Å². The summed E-state index contributed by atoms with van der Waals surface area (Å²) in [5.74, 6) is 0. The molecule has 0 amide bonds. The fourth-order valence-corrected chi connectivity index (χ4v) is 2.40. The number of hydrogen-bond donors (Lipinski definition) is 1. The first-order chi connectivity index (χ1) is 8.44. The van der Waals surface area contributed by atoms with E-state index in [0.717, 1.165) is 5.56 Å². The van der Waals surface area contributed by atoms with Gasteiger partial charge in [0.1, 0.15) is 5.60 Å². The van der Waals surface area contributed by atoms with Crippen LogP contribution in [-0.2, 0) is 5.60 Å². The summed E-state index contributed by atoms with van der Waals surface area (Å²) in [6, 6.07) is 9.62. The Morgan fingerprint density at radius 2 is 1.89 bits per heavy atom. The maximum Gasteiger partial charge on any atom is 0.130 e. The Morgan fingerprint density at radius 1 is 1.28 bits per heavy atom. The molecule has 1 aromatic carbocycles. The Balaban J connectivity index is 2.57. The smallest absolute Gasteiger partial charge is 0.130 e. The first-order valence-electron chi connectivity index (χ1n) is 5.96. The van der Waals surface area contributed by atoms with Crippen LogP contribution < -0.4 is 0 Å². The Hall–Kier alpha value is -1.32. The minimum atomic E-state index is -1.15. The molecule has 0 fully saturated rings. The second-order valence-electron chi connectivity index (χ2n) is 4.82. The fourth-order valence-electron chi connectivity index (χ4n) is 2.09. The zero-order valence-corrected chi connectivity index (χ0v) is 11.5. The van der Waals surface area contributed by atoms with Gasteiger partial charge in [-0.1, -0.05) is 41.9 Å². The van der Waals surface area contributed by atoms with Crippen LogP contribution >= 0.6 is 11.6 Å². The van der Waals surface area contributed by atoms with E-state index in [4.69, 9.17) is 11.6 Å². The van der Waals surface area contributed by atoms with Gasteiger partial charge in [0.05, 0.1) is 16.9 Å². The molecular formula is C14H17ClN2O. The van der Waals surface area contributed by atoms with E-state index in [-0.39, 0.29) is 6.04 Å². The highest BCUT2D eigenvalue weighted by atomic mass is 35.5. The lowest BCUT2D eigenvalue weighted by molar-refractivity contribution is 0.0901. The van der Waals surface area contributed by atoms with Crippen LogP contribution in [0.5, 0.6) is 0 Å². The van der Waals surface area contributed by atoms with Gasteiger partial charge in [0, 0.05) is 6.04 Å². The van der Waals surface area contributed by atoms with E-state index in [0.29, 0.717) is 10.7 Å². The third-order valence-electron chi connectivity index (χ3n) is 3.04. The zero-order valence-electron chi connectivity index (χ0n) is 10.8. The number of aromatic nitrogens is 2. The predicted octanol–water partition coefficient (Wildman–Crippen LogP) is 3.37. The minimum Gasteiger partial charge on any atom is -0.379 e. The summed E-state index contributed by atoms with van der Waals surface area (Å²) in [6.45, 7) is 5.76. The van der Waals surface area contributed by atoms with Crippen LogP contribution in [0.4, 0.5) is 0 Å². The number of nitrogens with zero attached hydrogens (tertiary/aromatic N) is 2. The number of benzene rings is 1. The van der Waals surface area contributed by atoms with Gasteiger partial charge < -0.3 is 5.11 Å². The molecule has 2 aromatic rings. The molecule has 1 aromatic heterocycles. The number of hydrogen-bond acceptors (Lipinski definition) is 2. The van der Waals surface area contributed by atoms with Gasteiger partial charge in [-0.3, -0.25) is 4.68 Å². The average molecular weight is 265 g/mol. The molecule has 0 saturated carbocycles. The van der Waals surface area contributed by atoms with Crippen molar-refractivity contribution < 1.29 is 5.11 Å². The van der Waals surface area contributed by atoms with Crippen LogP contribution in [-0.4, -0.2) is 14.9 Å². The Morgan fingerprint density at radius 3 is 2.44 bits per heavy atom. The highest BCUT2D eigenvalue weighted by Gasteiger charge is 2.32. The first kappa shape index (κ1) is 13.1. The predicted molar refractivity (Wildman–Crippen MR) is 72.7 cm³/mol. The molecule has 1 heterocycles. The van der Waals surface area contributed by atoms with E-state index in [2.05, 4.69) is 5.10 Å². The van der Waals surface area contributed by atoms with Gasteiger partial charge in [0.25, 0.3) is 0 Å². The topological polar surface area (TPSA) is 38.0 Å². The highest BCUT2D eigenvalue weighted by Crippen LogP contribution is 2.34. The van der Waals surface area contributed by atoms with E-state index >= 15 is 0 Å². The fraction of sp³-hybridized carbons (Fsp3) is 0.357. The molecule has 18 heavy (non-hydrogen) atoms. The molecule has 0 aliphatic heterocycles. The number of halogens is 1. The molecule has 0 aliphatic rings. The van der Waals surface area contributed by atoms with Crippen LogP contribution in [0, 0.1) is 0 Å². The lowest BCUT2D eigenvalue weighted by Crippen LogP contribution is -2.28.